The van der Waals surface area contributed by atoms with Gasteiger partial charge >= 0.3 is 0 Å². The highest BCUT2D eigenvalue weighted by molar-refractivity contribution is 5.56. The zero-order valence-electron chi connectivity index (χ0n) is 8.65. The Labute approximate surface area is 75.2 Å². The van der Waals surface area contributed by atoms with Gasteiger partial charge in [-0.25, -0.2) is 0 Å². The predicted octanol–water partition coefficient (Wildman–Crippen LogP) is 2.78. The van der Waals surface area contributed by atoms with Crippen LogP contribution in [0, 0.1) is 0 Å². The topological polar surface area (TPSA) is 12.0 Å². The fraction of sp³-hybridized carbons (Fsp3) is 0.455. The summed E-state index contributed by atoms with van der Waals surface area (Å²) in [7, 11) is 0. The maximum atomic E-state index is 7.83. The lowest BCUT2D eigenvalue weighted by molar-refractivity contribution is 0.864. The molecule has 1 aliphatic rings. The molecular formula is C11H15N. The fourth-order valence-electron chi connectivity index (χ4n) is 1.59. The summed E-state index contributed by atoms with van der Waals surface area (Å²) < 4.78 is 7.83. The normalized spacial score (nSPS) is 15.8. The lowest BCUT2D eigenvalue weighted by atomic mass is 10.00. The molecule has 1 heteroatoms. The second kappa shape index (κ2) is 2.81. The van der Waals surface area contributed by atoms with Gasteiger partial charge in [0, 0.05) is 12.2 Å². The van der Waals surface area contributed by atoms with Gasteiger partial charge in [0.25, 0.3) is 0 Å². The van der Waals surface area contributed by atoms with Gasteiger partial charge in [0.15, 0.2) is 0 Å². The van der Waals surface area contributed by atoms with Crippen molar-refractivity contribution in [3.05, 3.63) is 29.3 Å². The Morgan fingerprint density at radius 1 is 1.58 bits per heavy atom. The first-order valence-electron chi connectivity index (χ1n) is 5.06. The highest BCUT2D eigenvalue weighted by Gasteiger charge is 2.10. The average Bonchev–Trinajstić information content (AvgIpc) is 2.48. The maximum absolute atomic E-state index is 7.83. The Morgan fingerprint density at radius 3 is 3.17 bits per heavy atom. The number of rotatable bonds is 1. The third kappa shape index (κ3) is 1.20. The van der Waals surface area contributed by atoms with Crippen molar-refractivity contribution in [3.63, 3.8) is 0 Å². The number of hydrogen-bond donors (Lipinski definition) is 1. The number of benzene rings is 1. The molecule has 0 aromatic heterocycles. The first-order chi connectivity index (χ1) is 6.18. The maximum Gasteiger partial charge on any atom is 0.0626 e. The minimum Gasteiger partial charge on any atom is -0.384 e. The highest BCUT2D eigenvalue weighted by atomic mass is 14.9. The second-order valence-electron chi connectivity index (χ2n) is 3.66. The zero-order valence-corrected chi connectivity index (χ0v) is 7.65. The van der Waals surface area contributed by atoms with Crippen LogP contribution in [0.4, 0.5) is 5.69 Å². The third-order valence-corrected chi connectivity index (χ3v) is 2.39. The first-order valence-corrected chi connectivity index (χ1v) is 4.56. The van der Waals surface area contributed by atoms with Crippen molar-refractivity contribution >= 4 is 5.69 Å². The van der Waals surface area contributed by atoms with E-state index in [0.29, 0.717) is 12.0 Å². The van der Waals surface area contributed by atoms with Crippen molar-refractivity contribution in [2.45, 2.75) is 26.2 Å². The minimum atomic E-state index is 0.457. The van der Waals surface area contributed by atoms with Gasteiger partial charge in [-0.2, -0.15) is 0 Å². The minimum absolute atomic E-state index is 0.457. The Morgan fingerprint density at radius 2 is 2.42 bits per heavy atom. The number of nitrogens with one attached hydrogen (secondary N) is 1. The van der Waals surface area contributed by atoms with Gasteiger partial charge in [-0.05, 0) is 29.5 Å². The Kier molecular flexibility index (Phi) is 1.53. The molecule has 1 heterocycles. The van der Waals surface area contributed by atoms with Gasteiger partial charge in [0.2, 0.25) is 0 Å². The zero-order chi connectivity index (χ0) is 9.42. The molecule has 0 amide bonds. The number of fused-ring (bicyclic) bond motifs is 1. The van der Waals surface area contributed by atoms with Crippen LogP contribution in [0.2, 0.25) is 0 Å². The molecule has 1 aromatic rings. The van der Waals surface area contributed by atoms with E-state index in [0.717, 1.165) is 18.7 Å². The molecule has 1 nitrogen and oxygen atoms in total. The van der Waals surface area contributed by atoms with E-state index in [-0.39, 0.29) is 0 Å². The van der Waals surface area contributed by atoms with Crippen molar-refractivity contribution < 1.29 is 1.37 Å². The summed E-state index contributed by atoms with van der Waals surface area (Å²) in [5, 5.41) is 3.29. The molecule has 0 saturated heterocycles. The molecule has 0 saturated carbocycles. The van der Waals surface area contributed by atoms with E-state index in [1.54, 1.807) is 0 Å². The van der Waals surface area contributed by atoms with E-state index in [9.17, 15) is 0 Å². The Balaban J connectivity index is 2.49. The molecule has 12 heavy (non-hydrogen) atoms. The predicted molar refractivity (Wildman–Crippen MR) is 52.7 cm³/mol. The van der Waals surface area contributed by atoms with Gasteiger partial charge in [0.1, 0.15) is 0 Å². The SMILES string of the molecule is [3H]c1cc2c(cc1C(C)C)CCN2. The largest absolute Gasteiger partial charge is 0.384 e. The molecule has 0 aliphatic carbocycles. The van der Waals surface area contributed by atoms with Gasteiger partial charge in [-0.1, -0.05) is 26.0 Å². The van der Waals surface area contributed by atoms with Gasteiger partial charge in [-0.3, -0.25) is 0 Å². The summed E-state index contributed by atoms with van der Waals surface area (Å²) in [6, 6.07) is 4.81. The highest BCUT2D eigenvalue weighted by Crippen LogP contribution is 2.25. The van der Waals surface area contributed by atoms with Crippen LogP contribution in [0.15, 0.2) is 18.2 Å². The van der Waals surface area contributed by atoms with Crippen molar-refractivity contribution in [1.82, 2.24) is 0 Å². The molecule has 2 rings (SSSR count). The summed E-state index contributed by atoms with van der Waals surface area (Å²) in [5.41, 5.74) is 3.71. The van der Waals surface area contributed by atoms with Gasteiger partial charge < -0.3 is 5.32 Å². The molecule has 1 aromatic carbocycles. The van der Waals surface area contributed by atoms with Crippen molar-refractivity contribution in [2.75, 3.05) is 11.9 Å². The van der Waals surface area contributed by atoms with Crippen LogP contribution in [0.25, 0.3) is 0 Å². The van der Waals surface area contributed by atoms with E-state index < -0.39 is 0 Å². The van der Waals surface area contributed by atoms with Crippen LogP contribution in [0.1, 0.15) is 32.3 Å². The third-order valence-electron chi connectivity index (χ3n) is 2.39. The van der Waals surface area contributed by atoms with E-state index >= 15 is 0 Å². The summed E-state index contributed by atoms with van der Waals surface area (Å²) in [6.07, 6.45) is 1.11. The Bertz CT molecular complexity index is 331. The fourth-order valence-corrected chi connectivity index (χ4v) is 1.59. The summed E-state index contributed by atoms with van der Waals surface area (Å²) in [4.78, 5) is 0. The molecule has 0 radical (unpaired) electrons. The molecule has 0 spiro atoms. The molecule has 0 fully saturated rings. The molecule has 1 aliphatic heterocycles. The van der Waals surface area contributed by atoms with Crippen molar-refractivity contribution in [1.29, 1.82) is 0 Å². The lowest BCUT2D eigenvalue weighted by Crippen LogP contribution is -1.90. The van der Waals surface area contributed by atoms with E-state index in [1.165, 1.54) is 11.1 Å². The summed E-state index contributed by atoms with van der Waals surface area (Å²) in [6.45, 7) is 5.31. The standard InChI is InChI=1S/C11H15N/c1-8(2)9-3-4-11-10(7-9)5-6-12-11/h3-4,7-8,12H,5-6H2,1-2H3/i3T. The van der Waals surface area contributed by atoms with Crippen LogP contribution in [-0.4, -0.2) is 6.54 Å². The second-order valence-corrected chi connectivity index (χ2v) is 3.66. The summed E-state index contributed by atoms with van der Waals surface area (Å²) >= 11 is 0. The van der Waals surface area contributed by atoms with E-state index in [1.807, 2.05) is 6.07 Å². The molecule has 0 bridgehead atoms. The lowest BCUT2D eigenvalue weighted by Gasteiger charge is -2.07. The van der Waals surface area contributed by atoms with Crippen LogP contribution in [0.3, 0.4) is 0 Å². The first kappa shape index (κ1) is 6.53. The smallest absolute Gasteiger partial charge is 0.0626 e. The van der Waals surface area contributed by atoms with Crippen LogP contribution in [-0.2, 0) is 6.42 Å². The number of anilines is 1. The summed E-state index contributed by atoms with van der Waals surface area (Å²) in [5.74, 6) is 0.457. The molecule has 0 unspecified atom stereocenters. The molecule has 64 valence electrons. The Hall–Kier alpha value is -0.980. The van der Waals surface area contributed by atoms with E-state index in [4.69, 9.17) is 1.37 Å². The molecule has 1 N–H and O–H groups in total. The van der Waals surface area contributed by atoms with Crippen molar-refractivity contribution in [2.24, 2.45) is 0 Å². The quantitative estimate of drug-likeness (QED) is 0.671. The van der Waals surface area contributed by atoms with E-state index in [2.05, 4.69) is 25.2 Å². The van der Waals surface area contributed by atoms with Gasteiger partial charge in [0.05, 0.1) is 1.37 Å². The van der Waals surface area contributed by atoms with Crippen molar-refractivity contribution in [3.8, 4) is 0 Å². The average molecular weight is 163 g/mol. The monoisotopic (exact) mass is 163 g/mol. The molecular weight excluding hydrogens is 146 g/mol. The van der Waals surface area contributed by atoms with Crippen LogP contribution in [0.5, 0.6) is 0 Å². The van der Waals surface area contributed by atoms with Crippen LogP contribution < -0.4 is 5.32 Å². The molecule has 0 atom stereocenters. The van der Waals surface area contributed by atoms with Crippen LogP contribution >= 0.6 is 0 Å². The number of hydrogen-bond acceptors (Lipinski definition) is 1. The van der Waals surface area contributed by atoms with Gasteiger partial charge in [-0.15, -0.1) is 0 Å².